The van der Waals surface area contributed by atoms with Crippen molar-refractivity contribution in [3.8, 4) is 0 Å². The first-order valence-corrected chi connectivity index (χ1v) is 8.88. The molecule has 1 heterocycles. The fraction of sp³-hybridized carbons (Fsp3) is 0.143. The molecule has 0 aliphatic rings. The third-order valence-electron chi connectivity index (χ3n) is 4.50. The van der Waals surface area contributed by atoms with Gasteiger partial charge in [0.15, 0.2) is 0 Å². The number of carbonyl (C=O) groups excluding carboxylic acids is 1. The minimum Gasteiger partial charge on any atom is -0.315 e. The first-order chi connectivity index (χ1) is 13.1. The largest absolute Gasteiger partial charge is 0.315 e. The first kappa shape index (κ1) is 18.7. The molecule has 0 radical (unpaired) electrons. The van der Waals surface area contributed by atoms with E-state index in [9.17, 15) is 9.59 Å². The monoisotopic (exact) mass is 360 g/mol. The number of hydrogen-bond donors (Lipinski definition) is 2. The van der Waals surface area contributed by atoms with Crippen LogP contribution in [0.1, 0.15) is 17.5 Å². The molecular weight excluding hydrogens is 339 g/mol. The highest BCUT2D eigenvalue weighted by Gasteiger charge is 2.03. The van der Waals surface area contributed by atoms with Crippen molar-refractivity contribution in [2.24, 2.45) is 0 Å². The van der Waals surface area contributed by atoms with Gasteiger partial charge < -0.3 is 4.57 Å². The number of pyridine rings is 1. The Morgan fingerprint density at radius 1 is 1.15 bits per heavy atom. The second-order valence-corrected chi connectivity index (χ2v) is 6.56. The molecule has 2 N–H and O–H groups in total. The number of fused-ring (bicyclic) bond motifs is 1. The SMILES string of the molecule is Bc1ccc2cc(CCCn3cccc(/C=C/C(=O)NO)c3=O)ccc2c1. The summed E-state index contributed by atoms with van der Waals surface area (Å²) in [5, 5.41) is 11.0. The van der Waals surface area contributed by atoms with Crippen LogP contribution in [0.3, 0.4) is 0 Å². The Hall–Kier alpha value is -3.12. The number of hydrogen-bond acceptors (Lipinski definition) is 3. The highest BCUT2D eigenvalue weighted by molar-refractivity contribution is 6.33. The third kappa shape index (κ3) is 4.74. The van der Waals surface area contributed by atoms with Crippen LogP contribution in [-0.2, 0) is 17.8 Å². The molecule has 0 atom stereocenters. The van der Waals surface area contributed by atoms with Gasteiger partial charge in [-0.1, -0.05) is 41.9 Å². The van der Waals surface area contributed by atoms with Crippen LogP contribution in [0.2, 0.25) is 0 Å². The fourth-order valence-electron chi connectivity index (χ4n) is 3.08. The zero-order valence-electron chi connectivity index (χ0n) is 15.2. The number of rotatable bonds is 6. The van der Waals surface area contributed by atoms with E-state index in [0.29, 0.717) is 12.1 Å². The molecule has 5 nitrogen and oxygen atoms in total. The van der Waals surface area contributed by atoms with Gasteiger partial charge in [-0.15, -0.1) is 0 Å². The fourth-order valence-corrected chi connectivity index (χ4v) is 3.08. The van der Waals surface area contributed by atoms with Crippen molar-refractivity contribution in [2.45, 2.75) is 19.4 Å². The van der Waals surface area contributed by atoms with Crippen molar-refractivity contribution in [3.63, 3.8) is 0 Å². The van der Waals surface area contributed by atoms with E-state index in [0.717, 1.165) is 18.9 Å². The van der Waals surface area contributed by atoms with Crippen LogP contribution in [-0.4, -0.2) is 23.5 Å². The Morgan fingerprint density at radius 3 is 2.74 bits per heavy atom. The topological polar surface area (TPSA) is 71.3 Å². The Balaban J connectivity index is 1.67. The summed E-state index contributed by atoms with van der Waals surface area (Å²) in [5.74, 6) is -0.670. The van der Waals surface area contributed by atoms with Crippen molar-refractivity contribution in [1.29, 1.82) is 0 Å². The molecule has 0 saturated carbocycles. The predicted molar refractivity (Wildman–Crippen MR) is 110 cm³/mol. The van der Waals surface area contributed by atoms with Gasteiger partial charge in [0.2, 0.25) is 0 Å². The molecule has 27 heavy (non-hydrogen) atoms. The Morgan fingerprint density at radius 2 is 1.93 bits per heavy atom. The van der Waals surface area contributed by atoms with Crippen LogP contribution in [0, 0.1) is 0 Å². The lowest BCUT2D eigenvalue weighted by Crippen LogP contribution is -2.22. The highest BCUT2D eigenvalue weighted by Crippen LogP contribution is 2.16. The van der Waals surface area contributed by atoms with E-state index in [1.807, 2.05) is 0 Å². The normalized spacial score (nSPS) is 11.1. The summed E-state index contributed by atoms with van der Waals surface area (Å²) in [4.78, 5) is 23.5. The maximum Gasteiger partial charge on any atom is 0.267 e. The number of hydroxylamine groups is 1. The average Bonchev–Trinajstić information content (AvgIpc) is 2.68. The number of nitrogens with one attached hydrogen (secondary N) is 1. The summed E-state index contributed by atoms with van der Waals surface area (Å²) in [6.07, 6.45) is 5.98. The van der Waals surface area contributed by atoms with Gasteiger partial charge in [0, 0.05) is 24.4 Å². The molecule has 0 unspecified atom stereocenters. The number of amides is 1. The van der Waals surface area contributed by atoms with Gasteiger partial charge in [0.1, 0.15) is 7.85 Å². The molecule has 136 valence electrons. The van der Waals surface area contributed by atoms with Gasteiger partial charge in [0.05, 0.1) is 0 Å². The lowest BCUT2D eigenvalue weighted by Gasteiger charge is -2.08. The van der Waals surface area contributed by atoms with Crippen molar-refractivity contribution in [2.75, 3.05) is 0 Å². The van der Waals surface area contributed by atoms with E-state index in [4.69, 9.17) is 5.21 Å². The summed E-state index contributed by atoms with van der Waals surface area (Å²) < 4.78 is 1.64. The molecule has 0 bridgehead atoms. The molecule has 1 amide bonds. The van der Waals surface area contributed by atoms with E-state index in [2.05, 4.69) is 44.2 Å². The minimum atomic E-state index is -0.670. The molecule has 3 aromatic rings. The minimum absolute atomic E-state index is 0.159. The molecule has 0 saturated heterocycles. The molecule has 0 aliphatic carbocycles. The summed E-state index contributed by atoms with van der Waals surface area (Å²) in [7, 11) is 2.09. The number of benzene rings is 2. The summed E-state index contributed by atoms with van der Waals surface area (Å²) in [5.41, 5.74) is 4.24. The zero-order valence-corrected chi connectivity index (χ0v) is 15.2. The number of nitrogens with zero attached hydrogens (tertiary/aromatic N) is 1. The van der Waals surface area contributed by atoms with Crippen LogP contribution in [0.15, 0.2) is 65.6 Å². The van der Waals surface area contributed by atoms with Gasteiger partial charge in [-0.05, 0) is 47.4 Å². The number of aryl methyl sites for hydroxylation is 2. The Bertz CT molecular complexity index is 1060. The van der Waals surface area contributed by atoms with Crippen LogP contribution in [0.4, 0.5) is 0 Å². The first-order valence-electron chi connectivity index (χ1n) is 8.88. The average molecular weight is 360 g/mol. The van der Waals surface area contributed by atoms with E-state index < -0.39 is 5.91 Å². The molecule has 3 rings (SSSR count). The van der Waals surface area contributed by atoms with Gasteiger partial charge in [0.25, 0.3) is 11.5 Å². The van der Waals surface area contributed by atoms with Crippen LogP contribution >= 0.6 is 0 Å². The summed E-state index contributed by atoms with van der Waals surface area (Å²) in [6.45, 7) is 0.596. The molecule has 2 aromatic carbocycles. The van der Waals surface area contributed by atoms with E-state index >= 15 is 0 Å². The molecular formula is C21H21BN2O3. The molecule has 0 aliphatic heterocycles. The van der Waals surface area contributed by atoms with Gasteiger partial charge >= 0.3 is 0 Å². The third-order valence-corrected chi connectivity index (χ3v) is 4.50. The number of aromatic nitrogens is 1. The number of carbonyl (C=O) groups is 1. The molecule has 0 spiro atoms. The zero-order chi connectivity index (χ0) is 19.2. The Kier molecular flexibility index (Phi) is 5.89. The van der Waals surface area contributed by atoms with Crippen LogP contribution < -0.4 is 16.5 Å². The second-order valence-electron chi connectivity index (χ2n) is 6.56. The van der Waals surface area contributed by atoms with Crippen molar-refractivity contribution >= 4 is 36.1 Å². The lowest BCUT2D eigenvalue weighted by atomic mass is 9.93. The summed E-state index contributed by atoms with van der Waals surface area (Å²) in [6, 6.07) is 16.3. The predicted octanol–water partition coefficient (Wildman–Crippen LogP) is 1.41. The molecule has 1 aromatic heterocycles. The summed E-state index contributed by atoms with van der Waals surface area (Å²) >= 11 is 0. The maximum atomic E-state index is 12.4. The smallest absolute Gasteiger partial charge is 0.267 e. The van der Waals surface area contributed by atoms with Crippen LogP contribution in [0.25, 0.3) is 16.8 Å². The van der Waals surface area contributed by atoms with Gasteiger partial charge in [-0.3, -0.25) is 14.8 Å². The molecule has 0 fully saturated rings. The van der Waals surface area contributed by atoms with Gasteiger partial charge in [-0.2, -0.15) is 0 Å². The molecule has 6 heteroatoms. The van der Waals surface area contributed by atoms with Crippen LogP contribution in [0.5, 0.6) is 0 Å². The quantitative estimate of drug-likeness (QED) is 0.302. The van der Waals surface area contributed by atoms with Crippen molar-refractivity contribution in [1.82, 2.24) is 10.0 Å². The van der Waals surface area contributed by atoms with E-state index in [-0.39, 0.29) is 5.56 Å². The highest BCUT2D eigenvalue weighted by atomic mass is 16.5. The van der Waals surface area contributed by atoms with E-state index in [1.54, 1.807) is 22.9 Å². The Labute approximate surface area is 158 Å². The second kappa shape index (κ2) is 8.51. The van der Waals surface area contributed by atoms with Crippen molar-refractivity contribution in [3.05, 3.63) is 82.3 Å². The lowest BCUT2D eigenvalue weighted by molar-refractivity contribution is -0.124. The van der Waals surface area contributed by atoms with Crippen molar-refractivity contribution < 1.29 is 10.0 Å². The maximum absolute atomic E-state index is 12.4. The standard InChI is InChI=1S/C21H21BN2O3/c22-19-9-7-17-13-15(5-6-18(17)14-19)3-1-11-24-12-2-4-16(21(24)26)8-10-20(25)23-27/h2,4-10,12-14,27H,1,3,11,22H2,(H,23,25)/b10-8+. The van der Waals surface area contributed by atoms with E-state index in [1.165, 1.54) is 33.4 Å². The van der Waals surface area contributed by atoms with Gasteiger partial charge in [-0.25, -0.2) is 5.48 Å².